The Bertz CT molecular complexity index is 626. The molecule has 2 amide bonds. The summed E-state index contributed by atoms with van der Waals surface area (Å²) in [4.78, 5) is 23.4. The highest BCUT2D eigenvalue weighted by Gasteiger charge is 2.10. The molecule has 2 N–H and O–H groups in total. The van der Waals surface area contributed by atoms with Gasteiger partial charge in [-0.15, -0.1) is 0 Å². The van der Waals surface area contributed by atoms with Gasteiger partial charge in [0, 0.05) is 12.5 Å². The zero-order valence-corrected chi connectivity index (χ0v) is 13.7. The summed E-state index contributed by atoms with van der Waals surface area (Å²) >= 11 is 0. The van der Waals surface area contributed by atoms with Gasteiger partial charge in [0.15, 0.2) is 0 Å². The molecule has 0 spiro atoms. The number of aryl methyl sites for hydroxylation is 1. The summed E-state index contributed by atoms with van der Waals surface area (Å²) < 4.78 is 10.3. The Kier molecular flexibility index (Phi) is 6.89. The summed E-state index contributed by atoms with van der Waals surface area (Å²) in [6.45, 7) is 1.97. The smallest absolute Gasteiger partial charge is 0.407 e. The first kappa shape index (κ1) is 17.6. The number of hydrogen-bond donors (Lipinski definition) is 2. The van der Waals surface area contributed by atoms with Crippen LogP contribution in [-0.2, 0) is 22.6 Å². The van der Waals surface area contributed by atoms with Crippen molar-refractivity contribution in [3.63, 3.8) is 0 Å². The van der Waals surface area contributed by atoms with Gasteiger partial charge >= 0.3 is 6.09 Å². The minimum Gasteiger partial charge on any atom is -0.469 e. The molecule has 6 nitrogen and oxygen atoms in total. The molecule has 128 valence electrons. The molecule has 0 saturated heterocycles. The van der Waals surface area contributed by atoms with Crippen molar-refractivity contribution in [3.8, 4) is 0 Å². The SMILES string of the molecule is C[C@@H](CCc1ccco1)NC(=O)CNC(=O)OCc1ccccc1. The number of amides is 2. The summed E-state index contributed by atoms with van der Waals surface area (Å²) in [7, 11) is 0. The molecule has 1 heterocycles. The van der Waals surface area contributed by atoms with Gasteiger partial charge in [-0.1, -0.05) is 30.3 Å². The number of carbonyl (C=O) groups is 2. The fraction of sp³-hybridized carbons (Fsp3) is 0.333. The molecule has 2 aromatic rings. The lowest BCUT2D eigenvalue weighted by Gasteiger charge is -2.13. The topological polar surface area (TPSA) is 80.6 Å². The quantitative estimate of drug-likeness (QED) is 0.780. The van der Waals surface area contributed by atoms with Crippen LogP contribution in [0.25, 0.3) is 0 Å². The van der Waals surface area contributed by atoms with Crippen LogP contribution < -0.4 is 10.6 Å². The molecule has 0 unspecified atom stereocenters. The summed E-state index contributed by atoms with van der Waals surface area (Å²) in [5.74, 6) is 0.636. The zero-order valence-electron chi connectivity index (χ0n) is 13.7. The van der Waals surface area contributed by atoms with E-state index in [0.29, 0.717) is 0 Å². The molecule has 2 rings (SSSR count). The number of alkyl carbamates (subject to hydrolysis) is 1. The van der Waals surface area contributed by atoms with E-state index in [0.717, 1.165) is 24.2 Å². The summed E-state index contributed by atoms with van der Waals surface area (Å²) in [5, 5.41) is 5.26. The second-order valence-electron chi connectivity index (χ2n) is 5.50. The number of rotatable bonds is 8. The molecule has 6 heteroatoms. The van der Waals surface area contributed by atoms with Crippen LogP contribution in [-0.4, -0.2) is 24.6 Å². The molecule has 0 aliphatic carbocycles. The molecule has 0 radical (unpaired) electrons. The molecule has 0 aliphatic heterocycles. The van der Waals surface area contributed by atoms with Crippen LogP contribution in [0.1, 0.15) is 24.7 Å². The van der Waals surface area contributed by atoms with E-state index in [1.54, 1.807) is 6.26 Å². The Balaban J connectivity index is 1.58. The van der Waals surface area contributed by atoms with Gasteiger partial charge < -0.3 is 19.8 Å². The Morgan fingerprint density at radius 3 is 2.67 bits per heavy atom. The lowest BCUT2D eigenvalue weighted by Crippen LogP contribution is -2.41. The van der Waals surface area contributed by atoms with Crippen molar-refractivity contribution in [3.05, 3.63) is 60.1 Å². The third-order valence-corrected chi connectivity index (χ3v) is 3.42. The standard InChI is InChI=1S/C18H22N2O4/c1-14(9-10-16-8-5-11-23-16)20-17(21)12-19-18(22)24-13-15-6-3-2-4-7-15/h2-8,11,14H,9-10,12-13H2,1H3,(H,19,22)(H,20,21)/t14-/m0/s1. The lowest BCUT2D eigenvalue weighted by molar-refractivity contribution is -0.120. The molecule has 1 atom stereocenters. The van der Waals surface area contributed by atoms with Gasteiger partial charge in [-0.2, -0.15) is 0 Å². The molecule has 0 fully saturated rings. The van der Waals surface area contributed by atoms with Crippen LogP contribution in [0.2, 0.25) is 0 Å². The van der Waals surface area contributed by atoms with E-state index < -0.39 is 6.09 Å². The van der Waals surface area contributed by atoms with Crippen molar-refractivity contribution in [1.82, 2.24) is 10.6 Å². The monoisotopic (exact) mass is 330 g/mol. The highest BCUT2D eigenvalue weighted by molar-refractivity contribution is 5.82. The van der Waals surface area contributed by atoms with E-state index >= 15 is 0 Å². The molecule has 0 aliphatic rings. The van der Waals surface area contributed by atoms with Crippen LogP contribution >= 0.6 is 0 Å². The maximum absolute atomic E-state index is 11.8. The number of benzene rings is 1. The van der Waals surface area contributed by atoms with Gasteiger partial charge in [-0.05, 0) is 31.0 Å². The van der Waals surface area contributed by atoms with Crippen molar-refractivity contribution in [2.75, 3.05) is 6.54 Å². The largest absolute Gasteiger partial charge is 0.469 e. The van der Waals surface area contributed by atoms with Crippen LogP contribution in [0.4, 0.5) is 4.79 Å². The fourth-order valence-corrected chi connectivity index (χ4v) is 2.14. The summed E-state index contributed by atoms with van der Waals surface area (Å²) in [6, 6.07) is 13.1. The fourth-order valence-electron chi connectivity index (χ4n) is 2.14. The highest BCUT2D eigenvalue weighted by atomic mass is 16.5. The number of furan rings is 1. The predicted octanol–water partition coefficient (Wildman–Crippen LogP) is 2.64. The first-order chi connectivity index (χ1) is 11.6. The van der Waals surface area contributed by atoms with E-state index in [1.165, 1.54) is 0 Å². The Hall–Kier alpha value is -2.76. The Morgan fingerprint density at radius 1 is 1.17 bits per heavy atom. The number of carbonyl (C=O) groups excluding carboxylic acids is 2. The van der Waals surface area contributed by atoms with E-state index in [2.05, 4.69) is 10.6 Å². The Morgan fingerprint density at radius 2 is 1.96 bits per heavy atom. The second kappa shape index (κ2) is 9.39. The van der Waals surface area contributed by atoms with Crippen molar-refractivity contribution >= 4 is 12.0 Å². The first-order valence-electron chi connectivity index (χ1n) is 7.90. The van der Waals surface area contributed by atoms with Crippen LogP contribution in [0.3, 0.4) is 0 Å². The van der Waals surface area contributed by atoms with Crippen LogP contribution in [0, 0.1) is 0 Å². The van der Waals surface area contributed by atoms with Gasteiger partial charge in [-0.3, -0.25) is 4.79 Å². The average molecular weight is 330 g/mol. The lowest BCUT2D eigenvalue weighted by atomic mass is 10.1. The predicted molar refractivity (Wildman–Crippen MR) is 89.3 cm³/mol. The maximum Gasteiger partial charge on any atom is 0.407 e. The number of nitrogens with one attached hydrogen (secondary N) is 2. The van der Waals surface area contributed by atoms with Gasteiger partial charge in [0.2, 0.25) is 5.91 Å². The zero-order chi connectivity index (χ0) is 17.2. The molecular weight excluding hydrogens is 308 g/mol. The minimum atomic E-state index is -0.614. The third-order valence-electron chi connectivity index (χ3n) is 3.42. The molecule has 24 heavy (non-hydrogen) atoms. The second-order valence-corrected chi connectivity index (χ2v) is 5.50. The summed E-state index contributed by atoms with van der Waals surface area (Å²) in [5.41, 5.74) is 0.892. The van der Waals surface area contributed by atoms with Crippen molar-refractivity contribution < 1.29 is 18.7 Å². The van der Waals surface area contributed by atoms with Crippen molar-refractivity contribution in [2.45, 2.75) is 32.4 Å². The van der Waals surface area contributed by atoms with Crippen LogP contribution in [0.15, 0.2) is 53.1 Å². The number of hydrogen-bond acceptors (Lipinski definition) is 4. The van der Waals surface area contributed by atoms with E-state index in [1.807, 2.05) is 49.4 Å². The van der Waals surface area contributed by atoms with Gasteiger partial charge in [-0.25, -0.2) is 4.79 Å². The first-order valence-corrected chi connectivity index (χ1v) is 7.90. The van der Waals surface area contributed by atoms with Crippen molar-refractivity contribution in [1.29, 1.82) is 0 Å². The third kappa shape index (κ3) is 6.56. The molecule has 0 saturated carbocycles. The molecule has 1 aromatic carbocycles. The van der Waals surface area contributed by atoms with E-state index in [-0.39, 0.29) is 25.1 Å². The molecule has 0 bridgehead atoms. The summed E-state index contributed by atoms with van der Waals surface area (Å²) in [6.07, 6.45) is 2.53. The normalized spacial score (nSPS) is 11.5. The molecular formula is C18H22N2O4. The average Bonchev–Trinajstić information content (AvgIpc) is 3.11. The molecule has 1 aromatic heterocycles. The van der Waals surface area contributed by atoms with Gasteiger partial charge in [0.05, 0.1) is 6.26 Å². The van der Waals surface area contributed by atoms with Crippen molar-refractivity contribution in [2.24, 2.45) is 0 Å². The maximum atomic E-state index is 11.8. The van der Waals surface area contributed by atoms with E-state index in [9.17, 15) is 9.59 Å². The van der Waals surface area contributed by atoms with E-state index in [4.69, 9.17) is 9.15 Å². The van der Waals surface area contributed by atoms with Gasteiger partial charge in [0.1, 0.15) is 18.9 Å². The minimum absolute atomic E-state index is 0.00950. The van der Waals surface area contributed by atoms with Gasteiger partial charge in [0.25, 0.3) is 0 Å². The number of ether oxygens (including phenoxy) is 1. The highest BCUT2D eigenvalue weighted by Crippen LogP contribution is 2.05. The van der Waals surface area contributed by atoms with Crippen LogP contribution in [0.5, 0.6) is 0 Å². The Labute approximate surface area is 141 Å².